The minimum atomic E-state index is -3.49. The van der Waals surface area contributed by atoms with E-state index in [1.807, 2.05) is 12.2 Å². The zero-order valence-corrected chi connectivity index (χ0v) is 14.7. The second-order valence-corrected chi connectivity index (χ2v) is 8.72. The van der Waals surface area contributed by atoms with E-state index in [1.54, 1.807) is 12.1 Å². The van der Waals surface area contributed by atoms with Crippen molar-refractivity contribution in [3.05, 3.63) is 47.5 Å². The zero-order chi connectivity index (χ0) is 18.1. The van der Waals surface area contributed by atoms with Gasteiger partial charge in [-0.2, -0.15) is 4.31 Å². The maximum Gasteiger partial charge on any atom is 0.243 e. The van der Waals surface area contributed by atoms with Crippen LogP contribution in [0.5, 0.6) is 11.8 Å². The number of benzene rings is 1. The van der Waals surface area contributed by atoms with E-state index >= 15 is 0 Å². The van der Waals surface area contributed by atoms with E-state index < -0.39 is 10.0 Å². The van der Waals surface area contributed by atoms with Gasteiger partial charge in [0.05, 0.1) is 21.7 Å². The molecule has 136 valence electrons. The van der Waals surface area contributed by atoms with Crippen molar-refractivity contribution >= 4 is 10.0 Å². The first-order chi connectivity index (χ1) is 12.5. The van der Waals surface area contributed by atoms with Crippen molar-refractivity contribution in [2.24, 2.45) is 0 Å². The number of hydrogen-bond acceptors (Lipinski definition) is 5. The van der Waals surface area contributed by atoms with E-state index in [1.165, 1.54) is 21.0 Å². The summed E-state index contributed by atoms with van der Waals surface area (Å²) < 4.78 is 33.7. The molecule has 3 aliphatic heterocycles. The first kappa shape index (κ1) is 15.9. The molecular weight excluding hydrogens is 356 g/mol. The predicted octanol–water partition coefficient (Wildman–Crippen LogP) is 2.36. The molecule has 2 unspecified atom stereocenters. The van der Waals surface area contributed by atoms with Gasteiger partial charge in [0.1, 0.15) is 12.2 Å². The van der Waals surface area contributed by atoms with Crippen LogP contribution >= 0.6 is 0 Å². The molecule has 0 saturated carbocycles. The van der Waals surface area contributed by atoms with Crippen LogP contribution < -0.4 is 0 Å². The van der Waals surface area contributed by atoms with Gasteiger partial charge in [0.25, 0.3) is 0 Å². The van der Waals surface area contributed by atoms with Gasteiger partial charge < -0.3 is 14.9 Å². The minimum Gasteiger partial charge on any atom is -0.494 e. The van der Waals surface area contributed by atoms with Crippen LogP contribution in [0.3, 0.4) is 0 Å². The SMILES string of the molecule is O=S(=O)(c1ccc(-n2c(O)c3c(c2O)C2C=CC3O2)cc1)N1CCCC1. The topological polar surface area (TPSA) is 92.0 Å². The molecule has 5 rings (SSSR count). The Hall–Kier alpha value is -2.29. The molecular formula is C18H18N2O5S. The lowest BCUT2D eigenvalue weighted by molar-refractivity contribution is 0.0842. The third kappa shape index (κ3) is 2.03. The average molecular weight is 374 g/mol. The van der Waals surface area contributed by atoms with Crippen molar-refractivity contribution in [2.75, 3.05) is 13.1 Å². The summed E-state index contributed by atoms with van der Waals surface area (Å²) in [6, 6.07) is 6.20. The van der Waals surface area contributed by atoms with Crippen molar-refractivity contribution in [3.63, 3.8) is 0 Å². The molecule has 1 aromatic carbocycles. The Morgan fingerprint density at radius 3 is 2.00 bits per heavy atom. The monoisotopic (exact) mass is 374 g/mol. The van der Waals surface area contributed by atoms with E-state index in [4.69, 9.17) is 4.74 Å². The van der Waals surface area contributed by atoms with Crippen molar-refractivity contribution in [2.45, 2.75) is 29.9 Å². The fourth-order valence-corrected chi connectivity index (χ4v) is 5.53. The molecule has 1 fully saturated rings. The molecule has 0 spiro atoms. The Kier molecular flexibility index (Phi) is 3.28. The van der Waals surface area contributed by atoms with Crippen LogP contribution in [0.2, 0.25) is 0 Å². The Morgan fingerprint density at radius 2 is 1.46 bits per heavy atom. The predicted molar refractivity (Wildman–Crippen MR) is 92.8 cm³/mol. The molecule has 4 heterocycles. The number of aromatic nitrogens is 1. The van der Waals surface area contributed by atoms with Gasteiger partial charge in [0.2, 0.25) is 21.8 Å². The molecule has 0 aliphatic carbocycles. The summed E-state index contributed by atoms with van der Waals surface area (Å²) >= 11 is 0. The Balaban J connectivity index is 1.53. The number of ether oxygens (including phenoxy) is 1. The van der Waals surface area contributed by atoms with Crippen molar-refractivity contribution < 1.29 is 23.4 Å². The smallest absolute Gasteiger partial charge is 0.243 e. The second kappa shape index (κ2) is 5.35. The summed E-state index contributed by atoms with van der Waals surface area (Å²) in [6.45, 7) is 1.09. The molecule has 2 bridgehead atoms. The van der Waals surface area contributed by atoms with Gasteiger partial charge >= 0.3 is 0 Å². The van der Waals surface area contributed by atoms with Crippen LogP contribution in [-0.4, -0.2) is 40.6 Å². The van der Waals surface area contributed by atoms with Gasteiger partial charge in [0, 0.05) is 13.1 Å². The fourth-order valence-electron chi connectivity index (χ4n) is 4.01. The van der Waals surface area contributed by atoms with Crippen molar-refractivity contribution in [1.82, 2.24) is 8.87 Å². The van der Waals surface area contributed by atoms with Gasteiger partial charge in [-0.1, -0.05) is 12.2 Å². The molecule has 0 radical (unpaired) electrons. The van der Waals surface area contributed by atoms with Gasteiger partial charge in [0.15, 0.2) is 0 Å². The van der Waals surface area contributed by atoms with Gasteiger partial charge in [-0.25, -0.2) is 8.42 Å². The maximum absolute atomic E-state index is 12.6. The highest BCUT2D eigenvalue weighted by molar-refractivity contribution is 7.89. The number of fused-ring (bicyclic) bond motifs is 5. The van der Waals surface area contributed by atoms with E-state index in [2.05, 4.69) is 0 Å². The first-order valence-electron chi connectivity index (χ1n) is 8.59. The summed E-state index contributed by atoms with van der Waals surface area (Å²) in [5, 5.41) is 21.1. The van der Waals surface area contributed by atoms with E-state index in [0.717, 1.165) is 12.8 Å². The highest BCUT2D eigenvalue weighted by Crippen LogP contribution is 2.55. The number of hydrogen-bond donors (Lipinski definition) is 2. The van der Waals surface area contributed by atoms with E-state index in [9.17, 15) is 18.6 Å². The Labute approximate surface area is 150 Å². The van der Waals surface area contributed by atoms with Crippen LogP contribution in [0.4, 0.5) is 0 Å². The zero-order valence-electron chi connectivity index (χ0n) is 13.9. The fraction of sp³-hybridized carbons (Fsp3) is 0.333. The number of nitrogens with zero attached hydrogens (tertiary/aromatic N) is 2. The molecule has 8 heteroatoms. The highest BCUT2D eigenvalue weighted by atomic mass is 32.2. The largest absolute Gasteiger partial charge is 0.494 e. The van der Waals surface area contributed by atoms with Crippen LogP contribution in [-0.2, 0) is 14.8 Å². The van der Waals surface area contributed by atoms with Crippen LogP contribution in [0, 0.1) is 0 Å². The maximum atomic E-state index is 12.6. The lowest BCUT2D eigenvalue weighted by atomic mass is 10.0. The number of aromatic hydroxyl groups is 2. The lowest BCUT2D eigenvalue weighted by Gasteiger charge is -2.16. The molecule has 2 atom stereocenters. The summed E-state index contributed by atoms with van der Waals surface area (Å²) in [7, 11) is -3.49. The Bertz CT molecular complexity index is 981. The molecule has 7 nitrogen and oxygen atoms in total. The Morgan fingerprint density at radius 1 is 0.923 bits per heavy atom. The van der Waals surface area contributed by atoms with Crippen molar-refractivity contribution in [3.8, 4) is 17.4 Å². The molecule has 2 aromatic rings. The summed E-state index contributed by atoms with van der Waals surface area (Å²) in [5.74, 6) is -0.158. The summed E-state index contributed by atoms with van der Waals surface area (Å²) in [6.07, 6.45) is 4.76. The summed E-state index contributed by atoms with van der Waals surface area (Å²) in [5.41, 5.74) is 1.64. The van der Waals surface area contributed by atoms with Crippen LogP contribution in [0.1, 0.15) is 36.2 Å². The second-order valence-electron chi connectivity index (χ2n) is 6.78. The van der Waals surface area contributed by atoms with E-state index in [0.29, 0.717) is 29.9 Å². The average Bonchev–Trinajstić information content (AvgIpc) is 3.40. The minimum absolute atomic E-state index is 0.0792. The first-order valence-corrected chi connectivity index (χ1v) is 10.0. The third-order valence-electron chi connectivity index (χ3n) is 5.32. The third-order valence-corrected chi connectivity index (χ3v) is 7.23. The van der Waals surface area contributed by atoms with E-state index in [-0.39, 0.29) is 28.9 Å². The van der Waals surface area contributed by atoms with Gasteiger partial charge in [-0.15, -0.1) is 0 Å². The number of rotatable bonds is 3. The molecule has 1 aromatic heterocycles. The molecule has 3 aliphatic rings. The lowest BCUT2D eigenvalue weighted by Crippen LogP contribution is -2.27. The number of sulfonamides is 1. The van der Waals surface area contributed by atoms with Gasteiger partial charge in [-0.3, -0.25) is 4.57 Å². The van der Waals surface area contributed by atoms with Crippen LogP contribution in [0.25, 0.3) is 5.69 Å². The quantitative estimate of drug-likeness (QED) is 0.805. The van der Waals surface area contributed by atoms with Gasteiger partial charge in [-0.05, 0) is 37.1 Å². The normalized spacial score (nSPS) is 24.5. The molecule has 0 amide bonds. The standard InChI is InChI=1S/C18H18N2O5S/c21-17-15-13-7-8-14(25-13)16(15)18(22)20(17)11-3-5-12(6-4-11)26(23,24)19-9-1-2-10-19/h3-8,13-14,21-22H,1-2,9-10H2. The highest BCUT2D eigenvalue weighted by Gasteiger charge is 2.42. The molecule has 1 saturated heterocycles. The molecule has 26 heavy (non-hydrogen) atoms. The summed E-state index contributed by atoms with van der Waals surface area (Å²) in [4.78, 5) is 0.215. The molecule has 2 N–H and O–H groups in total. The van der Waals surface area contributed by atoms with Crippen molar-refractivity contribution in [1.29, 1.82) is 0 Å². The van der Waals surface area contributed by atoms with Crippen LogP contribution in [0.15, 0.2) is 41.3 Å².